The van der Waals surface area contributed by atoms with E-state index in [0.29, 0.717) is 12.8 Å². The molecule has 0 aliphatic rings. The zero-order chi connectivity index (χ0) is 20.7. The minimum Gasteiger partial charge on any atom is -0.744 e. The summed E-state index contributed by atoms with van der Waals surface area (Å²) in [7, 11) is -4.92. The Hall–Kier alpha value is -1.71. The number of carbonyl (C=O) groups is 2. The molecular formula is C20H21NaO7S. The maximum absolute atomic E-state index is 12.4. The van der Waals surface area contributed by atoms with Gasteiger partial charge in [-0.25, -0.2) is 18.0 Å². The molecule has 1 atom stereocenters. The number of benzene rings is 2. The van der Waals surface area contributed by atoms with E-state index in [0.717, 1.165) is 24.6 Å². The number of hydrogen-bond donors (Lipinski definition) is 0. The standard InChI is InChI=1S/C20H22O7S.Na/c1-3-8-16(4-2)26-20(22)15-11-12-18(28(23,24)25)17(13-15)27-19(21)14-9-6-5-7-10-14;/h5-7,9-13,16H,3-4,8H2,1-2H3,(H,23,24,25);/q;+1/p-1. The summed E-state index contributed by atoms with van der Waals surface area (Å²) in [6.07, 6.45) is 1.86. The van der Waals surface area contributed by atoms with E-state index in [-0.39, 0.29) is 46.8 Å². The fraction of sp³-hybridized carbons (Fsp3) is 0.300. The third-order valence-electron chi connectivity index (χ3n) is 4.00. The molecule has 0 spiro atoms. The first kappa shape index (κ1) is 25.3. The number of rotatable bonds is 8. The maximum atomic E-state index is 12.4. The Labute approximate surface area is 192 Å². The largest absolute Gasteiger partial charge is 1.00 e. The predicted octanol–water partition coefficient (Wildman–Crippen LogP) is 0.549. The Morgan fingerprint density at radius 3 is 2.21 bits per heavy atom. The summed E-state index contributed by atoms with van der Waals surface area (Å²) >= 11 is 0. The fourth-order valence-corrected chi connectivity index (χ4v) is 3.12. The minimum absolute atomic E-state index is 0. The van der Waals surface area contributed by atoms with E-state index in [4.69, 9.17) is 9.47 Å². The minimum atomic E-state index is -4.92. The van der Waals surface area contributed by atoms with Crippen LogP contribution in [0.3, 0.4) is 0 Å². The topological polar surface area (TPSA) is 110 Å². The second-order valence-electron chi connectivity index (χ2n) is 6.10. The van der Waals surface area contributed by atoms with Gasteiger partial charge in [0.05, 0.1) is 16.0 Å². The van der Waals surface area contributed by atoms with Gasteiger partial charge in [-0.05, 0) is 43.2 Å². The van der Waals surface area contributed by atoms with Crippen LogP contribution in [-0.4, -0.2) is 31.0 Å². The molecular weight excluding hydrogens is 407 g/mol. The average Bonchev–Trinajstić information content (AvgIpc) is 2.67. The predicted molar refractivity (Wildman–Crippen MR) is 100 cm³/mol. The Kier molecular flexibility index (Phi) is 10.0. The number of esters is 2. The monoisotopic (exact) mass is 428 g/mol. The van der Waals surface area contributed by atoms with E-state index in [1.165, 1.54) is 12.1 Å². The van der Waals surface area contributed by atoms with Crippen LogP contribution in [0.5, 0.6) is 5.75 Å². The van der Waals surface area contributed by atoms with E-state index >= 15 is 0 Å². The van der Waals surface area contributed by atoms with Gasteiger partial charge in [0.25, 0.3) is 0 Å². The summed E-state index contributed by atoms with van der Waals surface area (Å²) in [4.78, 5) is 23.9. The summed E-state index contributed by atoms with van der Waals surface area (Å²) in [5.74, 6) is -2.05. The van der Waals surface area contributed by atoms with Gasteiger partial charge in [-0.2, -0.15) is 0 Å². The van der Waals surface area contributed by atoms with Crippen molar-refractivity contribution in [3.8, 4) is 5.75 Å². The molecule has 7 nitrogen and oxygen atoms in total. The van der Waals surface area contributed by atoms with Crippen molar-refractivity contribution in [2.45, 2.75) is 44.1 Å². The first-order valence-corrected chi connectivity index (χ1v) is 10.2. The Balaban J connectivity index is 0.00000420. The Bertz CT molecular complexity index is 943. The van der Waals surface area contributed by atoms with Crippen molar-refractivity contribution < 1.29 is 61.6 Å². The van der Waals surface area contributed by atoms with Crippen LogP contribution in [0.25, 0.3) is 0 Å². The molecule has 0 fully saturated rings. The van der Waals surface area contributed by atoms with Crippen molar-refractivity contribution in [2.24, 2.45) is 0 Å². The molecule has 0 N–H and O–H groups in total. The first-order chi connectivity index (χ1) is 13.3. The zero-order valence-corrected chi connectivity index (χ0v) is 19.4. The van der Waals surface area contributed by atoms with Crippen LogP contribution < -0.4 is 34.3 Å². The summed E-state index contributed by atoms with van der Waals surface area (Å²) in [6.45, 7) is 3.85. The summed E-state index contributed by atoms with van der Waals surface area (Å²) in [5, 5.41) is 0. The molecule has 2 aromatic carbocycles. The summed E-state index contributed by atoms with van der Waals surface area (Å²) < 4.78 is 45.0. The third-order valence-corrected chi connectivity index (χ3v) is 4.88. The Morgan fingerprint density at radius 1 is 1.00 bits per heavy atom. The Morgan fingerprint density at radius 2 is 1.66 bits per heavy atom. The van der Waals surface area contributed by atoms with Crippen LogP contribution in [-0.2, 0) is 14.9 Å². The molecule has 0 radical (unpaired) electrons. The molecule has 9 heteroatoms. The normalized spacial score (nSPS) is 11.8. The zero-order valence-electron chi connectivity index (χ0n) is 16.6. The fourth-order valence-electron chi connectivity index (χ4n) is 2.54. The van der Waals surface area contributed by atoms with E-state index in [2.05, 4.69) is 0 Å². The van der Waals surface area contributed by atoms with Crippen LogP contribution in [0.15, 0.2) is 53.4 Å². The smallest absolute Gasteiger partial charge is 0.744 e. The van der Waals surface area contributed by atoms with E-state index in [9.17, 15) is 22.6 Å². The van der Waals surface area contributed by atoms with Crippen molar-refractivity contribution in [1.29, 1.82) is 0 Å². The summed E-state index contributed by atoms with van der Waals surface area (Å²) in [5.41, 5.74) is 0.150. The number of hydrogen-bond acceptors (Lipinski definition) is 7. The third kappa shape index (κ3) is 7.24. The van der Waals surface area contributed by atoms with Gasteiger partial charge < -0.3 is 14.0 Å². The molecule has 0 bridgehead atoms. The van der Waals surface area contributed by atoms with Crippen molar-refractivity contribution in [3.63, 3.8) is 0 Å². The maximum Gasteiger partial charge on any atom is 1.00 e. The van der Waals surface area contributed by atoms with Gasteiger partial charge in [0.2, 0.25) is 0 Å². The number of ether oxygens (including phenoxy) is 2. The second kappa shape index (κ2) is 11.5. The second-order valence-corrected chi connectivity index (χ2v) is 7.44. The van der Waals surface area contributed by atoms with Gasteiger partial charge in [0, 0.05) is 0 Å². The van der Waals surface area contributed by atoms with Crippen LogP contribution in [0, 0.1) is 0 Å². The van der Waals surface area contributed by atoms with Gasteiger partial charge in [-0.1, -0.05) is 38.5 Å². The SMILES string of the molecule is CCCC(CC)OC(=O)c1ccc(S(=O)(=O)[O-])c(OC(=O)c2ccccc2)c1.[Na+]. The average molecular weight is 428 g/mol. The molecule has 150 valence electrons. The molecule has 1 unspecified atom stereocenters. The molecule has 0 saturated heterocycles. The van der Waals surface area contributed by atoms with Crippen molar-refractivity contribution in [2.75, 3.05) is 0 Å². The molecule has 0 aromatic heterocycles. The first-order valence-electron chi connectivity index (χ1n) is 8.84. The molecule has 0 aliphatic heterocycles. The van der Waals surface area contributed by atoms with Crippen molar-refractivity contribution in [3.05, 3.63) is 59.7 Å². The molecule has 2 rings (SSSR count). The van der Waals surface area contributed by atoms with E-state index in [1.54, 1.807) is 18.2 Å². The van der Waals surface area contributed by atoms with Gasteiger partial charge >= 0.3 is 41.5 Å². The van der Waals surface area contributed by atoms with Crippen LogP contribution in [0.4, 0.5) is 0 Å². The van der Waals surface area contributed by atoms with E-state index in [1.807, 2.05) is 13.8 Å². The van der Waals surface area contributed by atoms with Gasteiger partial charge in [-0.3, -0.25) is 0 Å². The molecule has 0 aliphatic carbocycles. The van der Waals surface area contributed by atoms with Gasteiger partial charge in [0.15, 0.2) is 0 Å². The molecule has 29 heavy (non-hydrogen) atoms. The van der Waals surface area contributed by atoms with Crippen molar-refractivity contribution in [1.82, 2.24) is 0 Å². The van der Waals surface area contributed by atoms with Crippen LogP contribution in [0.1, 0.15) is 53.8 Å². The molecule has 2 aromatic rings. The molecule has 0 saturated carbocycles. The van der Waals surface area contributed by atoms with E-state index < -0.39 is 32.7 Å². The quantitative estimate of drug-likeness (QED) is 0.261. The number of carbonyl (C=O) groups excluding carboxylic acids is 2. The van der Waals surface area contributed by atoms with Crippen LogP contribution in [0.2, 0.25) is 0 Å². The molecule has 0 amide bonds. The summed E-state index contributed by atoms with van der Waals surface area (Å²) in [6, 6.07) is 11.0. The molecule has 0 heterocycles. The van der Waals surface area contributed by atoms with Gasteiger partial charge in [0.1, 0.15) is 22.0 Å². The van der Waals surface area contributed by atoms with Gasteiger partial charge in [-0.15, -0.1) is 0 Å². The van der Waals surface area contributed by atoms with Crippen molar-refractivity contribution >= 4 is 22.1 Å². The van der Waals surface area contributed by atoms with Crippen LogP contribution >= 0.6 is 0 Å².